The molecular weight excluding hydrogens is 178 g/mol. The molecule has 0 radical (unpaired) electrons. The fourth-order valence-electron chi connectivity index (χ4n) is 0.921. The molecule has 1 N–H and O–H groups in total. The molecule has 0 bridgehead atoms. The van der Waals surface area contributed by atoms with Gasteiger partial charge in [0.05, 0.1) is 13.2 Å². The van der Waals surface area contributed by atoms with Crippen LogP contribution in [0.3, 0.4) is 0 Å². The van der Waals surface area contributed by atoms with Crippen LogP contribution in [0.2, 0.25) is 0 Å². The molecule has 0 saturated heterocycles. The summed E-state index contributed by atoms with van der Waals surface area (Å²) in [5, 5.41) is 3.32. The highest BCUT2D eigenvalue weighted by molar-refractivity contribution is 4.50. The van der Waals surface area contributed by atoms with E-state index in [1.807, 2.05) is 0 Å². The molecule has 0 aromatic heterocycles. The van der Waals surface area contributed by atoms with E-state index in [1.54, 1.807) is 0 Å². The van der Waals surface area contributed by atoms with Crippen LogP contribution in [-0.4, -0.2) is 77.4 Å². The van der Waals surface area contributed by atoms with Crippen LogP contribution in [0.4, 0.5) is 0 Å². The van der Waals surface area contributed by atoms with Crippen LogP contribution in [0.25, 0.3) is 0 Å². The van der Waals surface area contributed by atoms with Crippen LogP contribution < -0.4 is 5.32 Å². The molecule has 0 heterocycles. The van der Waals surface area contributed by atoms with Gasteiger partial charge in [-0.3, -0.25) is 0 Å². The first-order chi connectivity index (χ1) is 6.63. The van der Waals surface area contributed by atoms with Gasteiger partial charge in [-0.15, -0.1) is 0 Å². The van der Waals surface area contributed by atoms with E-state index < -0.39 is 0 Å². The summed E-state index contributed by atoms with van der Waals surface area (Å²) in [6, 6.07) is 0. The van der Waals surface area contributed by atoms with E-state index in [9.17, 15) is 0 Å². The van der Waals surface area contributed by atoms with Crippen molar-refractivity contribution in [2.75, 3.05) is 67.6 Å². The highest BCUT2D eigenvalue weighted by atomic mass is 16.5. The van der Waals surface area contributed by atoms with Crippen molar-refractivity contribution in [3.05, 3.63) is 0 Å². The summed E-state index contributed by atoms with van der Waals surface area (Å²) >= 11 is 0. The summed E-state index contributed by atoms with van der Waals surface area (Å²) in [5.41, 5.74) is 0. The van der Waals surface area contributed by atoms with Crippen LogP contribution in [-0.2, 0) is 4.74 Å². The molecule has 0 unspecified atom stereocenters. The number of hydrogen-bond acceptors (Lipinski definition) is 4. The SMILES string of the molecule is CN(C)CCNCCOCCN(C)C. The maximum absolute atomic E-state index is 5.43. The van der Waals surface area contributed by atoms with Crippen molar-refractivity contribution < 1.29 is 4.74 Å². The van der Waals surface area contributed by atoms with Crippen LogP contribution in [0.1, 0.15) is 0 Å². The second-order valence-corrected chi connectivity index (χ2v) is 3.97. The molecule has 86 valence electrons. The summed E-state index contributed by atoms with van der Waals surface area (Å²) in [4.78, 5) is 4.29. The summed E-state index contributed by atoms with van der Waals surface area (Å²) in [6.45, 7) is 5.68. The van der Waals surface area contributed by atoms with Crippen molar-refractivity contribution in [2.24, 2.45) is 0 Å². The Balaban J connectivity index is 2.92. The summed E-state index contributed by atoms with van der Waals surface area (Å²) in [5.74, 6) is 0. The Hall–Kier alpha value is -0.160. The van der Waals surface area contributed by atoms with E-state index in [0.29, 0.717) is 0 Å². The molecule has 0 aliphatic rings. The zero-order valence-electron chi connectivity index (χ0n) is 10.0. The van der Waals surface area contributed by atoms with Crippen molar-refractivity contribution in [2.45, 2.75) is 0 Å². The summed E-state index contributed by atoms with van der Waals surface area (Å²) < 4.78 is 5.43. The van der Waals surface area contributed by atoms with Gasteiger partial charge in [-0.25, -0.2) is 0 Å². The first-order valence-corrected chi connectivity index (χ1v) is 5.21. The molecule has 0 fully saturated rings. The Bertz CT molecular complexity index is 104. The standard InChI is InChI=1S/C10H25N3O/c1-12(2)7-5-11-6-9-14-10-8-13(3)4/h11H,5-10H2,1-4H3. The molecule has 0 aliphatic carbocycles. The third kappa shape index (κ3) is 11.8. The second-order valence-electron chi connectivity index (χ2n) is 3.97. The van der Waals surface area contributed by atoms with E-state index in [-0.39, 0.29) is 0 Å². The predicted octanol–water partition coefficient (Wildman–Crippen LogP) is -0.284. The minimum atomic E-state index is 0.807. The number of rotatable bonds is 9. The molecule has 0 aliphatic heterocycles. The van der Waals surface area contributed by atoms with Gasteiger partial charge in [-0.05, 0) is 28.2 Å². The van der Waals surface area contributed by atoms with Crippen LogP contribution in [0.15, 0.2) is 0 Å². The fourth-order valence-corrected chi connectivity index (χ4v) is 0.921. The molecule has 0 saturated carbocycles. The van der Waals surface area contributed by atoms with E-state index in [4.69, 9.17) is 4.74 Å². The van der Waals surface area contributed by atoms with Gasteiger partial charge in [-0.1, -0.05) is 0 Å². The molecule has 14 heavy (non-hydrogen) atoms. The highest BCUT2D eigenvalue weighted by Gasteiger charge is 1.92. The maximum atomic E-state index is 5.43. The topological polar surface area (TPSA) is 27.7 Å². The molecule has 0 spiro atoms. The van der Waals surface area contributed by atoms with E-state index in [2.05, 4.69) is 43.3 Å². The number of nitrogens with one attached hydrogen (secondary N) is 1. The van der Waals surface area contributed by atoms with Gasteiger partial charge in [0.2, 0.25) is 0 Å². The largest absolute Gasteiger partial charge is 0.379 e. The molecule has 0 atom stereocenters. The van der Waals surface area contributed by atoms with Crippen LogP contribution >= 0.6 is 0 Å². The second kappa shape index (κ2) is 9.40. The van der Waals surface area contributed by atoms with Crippen molar-refractivity contribution in [3.8, 4) is 0 Å². The lowest BCUT2D eigenvalue weighted by molar-refractivity contribution is 0.119. The average Bonchev–Trinajstić information content (AvgIpc) is 2.08. The monoisotopic (exact) mass is 203 g/mol. The smallest absolute Gasteiger partial charge is 0.0593 e. The zero-order chi connectivity index (χ0) is 10.8. The van der Waals surface area contributed by atoms with Gasteiger partial charge >= 0.3 is 0 Å². The Kier molecular flexibility index (Phi) is 9.29. The fraction of sp³-hybridized carbons (Fsp3) is 1.00. The zero-order valence-corrected chi connectivity index (χ0v) is 10.0. The third-order valence-corrected chi connectivity index (χ3v) is 1.84. The highest BCUT2D eigenvalue weighted by Crippen LogP contribution is 1.77. The normalized spacial score (nSPS) is 11.6. The Morgan fingerprint density at radius 2 is 1.50 bits per heavy atom. The minimum Gasteiger partial charge on any atom is -0.379 e. The van der Waals surface area contributed by atoms with E-state index in [0.717, 1.165) is 39.4 Å². The molecule has 4 nitrogen and oxygen atoms in total. The number of likely N-dealkylation sites (N-methyl/N-ethyl adjacent to an activating group) is 2. The van der Waals surface area contributed by atoms with Gasteiger partial charge in [0.15, 0.2) is 0 Å². The Morgan fingerprint density at radius 1 is 0.857 bits per heavy atom. The van der Waals surface area contributed by atoms with Gasteiger partial charge in [0.1, 0.15) is 0 Å². The van der Waals surface area contributed by atoms with Crippen LogP contribution in [0.5, 0.6) is 0 Å². The van der Waals surface area contributed by atoms with Crippen molar-refractivity contribution in [1.82, 2.24) is 15.1 Å². The first kappa shape index (κ1) is 13.8. The van der Waals surface area contributed by atoms with E-state index in [1.165, 1.54) is 0 Å². The molecular formula is C10H25N3O. The quantitative estimate of drug-likeness (QED) is 0.522. The van der Waals surface area contributed by atoms with Gasteiger partial charge in [0.25, 0.3) is 0 Å². The number of hydrogen-bond donors (Lipinski definition) is 1. The molecule has 0 aromatic carbocycles. The maximum Gasteiger partial charge on any atom is 0.0593 e. The lowest BCUT2D eigenvalue weighted by Gasteiger charge is -2.11. The van der Waals surface area contributed by atoms with Gasteiger partial charge in [-0.2, -0.15) is 0 Å². The van der Waals surface area contributed by atoms with Crippen LogP contribution in [0, 0.1) is 0 Å². The number of ether oxygens (including phenoxy) is 1. The Morgan fingerprint density at radius 3 is 2.07 bits per heavy atom. The van der Waals surface area contributed by atoms with Crippen molar-refractivity contribution in [1.29, 1.82) is 0 Å². The van der Waals surface area contributed by atoms with Gasteiger partial charge < -0.3 is 19.9 Å². The average molecular weight is 203 g/mol. The first-order valence-electron chi connectivity index (χ1n) is 5.21. The lowest BCUT2D eigenvalue weighted by atomic mass is 10.5. The van der Waals surface area contributed by atoms with Gasteiger partial charge in [0, 0.05) is 26.2 Å². The van der Waals surface area contributed by atoms with Crippen molar-refractivity contribution >= 4 is 0 Å². The summed E-state index contributed by atoms with van der Waals surface area (Å²) in [6.07, 6.45) is 0. The molecule has 0 aromatic rings. The van der Waals surface area contributed by atoms with E-state index >= 15 is 0 Å². The lowest BCUT2D eigenvalue weighted by Crippen LogP contribution is -2.29. The molecule has 4 heteroatoms. The molecule has 0 amide bonds. The number of nitrogens with zero attached hydrogens (tertiary/aromatic N) is 2. The molecule has 0 rings (SSSR count). The summed E-state index contributed by atoms with van der Waals surface area (Å²) in [7, 11) is 8.27. The third-order valence-electron chi connectivity index (χ3n) is 1.84. The Labute approximate surface area is 88.2 Å². The minimum absolute atomic E-state index is 0.807. The van der Waals surface area contributed by atoms with Crippen molar-refractivity contribution in [3.63, 3.8) is 0 Å². The predicted molar refractivity (Wildman–Crippen MR) is 60.8 cm³/mol.